The zero-order valence-corrected chi connectivity index (χ0v) is 19.3. The molecule has 0 aliphatic carbocycles. The van der Waals surface area contributed by atoms with Gasteiger partial charge in [-0.3, -0.25) is 5.32 Å². The maximum absolute atomic E-state index is 11.9. The summed E-state index contributed by atoms with van der Waals surface area (Å²) in [4.78, 5) is 23.1. The third kappa shape index (κ3) is 5.06. The highest BCUT2D eigenvalue weighted by molar-refractivity contribution is 7.21. The number of fused-ring (bicyclic) bond motifs is 1. The van der Waals surface area contributed by atoms with Crippen molar-refractivity contribution in [2.24, 2.45) is 0 Å². The van der Waals surface area contributed by atoms with Crippen LogP contribution >= 0.6 is 11.3 Å². The standard InChI is InChI=1S/C25H26N4O2S/c1-4-5-14-31-25(30)27-20-11-12-21-22(15-20)32-24(28-21)18-8-6-17(7-9-18)19-10-13-23(26-16-19)29(2)3/h6-13,15-16H,4-5,14H2,1-3H3,(H,27,30). The summed E-state index contributed by atoms with van der Waals surface area (Å²) in [5.74, 6) is 0.933. The Kier molecular flexibility index (Phi) is 6.66. The molecule has 0 fully saturated rings. The maximum atomic E-state index is 11.9. The molecule has 2 heterocycles. The van der Waals surface area contributed by atoms with Crippen LogP contribution in [-0.2, 0) is 4.74 Å². The lowest BCUT2D eigenvalue weighted by Gasteiger charge is -2.11. The van der Waals surface area contributed by atoms with E-state index in [1.165, 1.54) is 0 Å². The Morgan fingerprint density at radius 2 is 1.78 bits per heavy atom. The van der Waals surface area contributed by atoms with E-state index < -0.39 is 6.09 Å². The number of aromatic nitrogens is 2. The molecule has 2 aromatic carbocycles. The molecule has 0 bridgehead atoms. The van der Waals surface area contributed by atoms with Crippen LogP contribution in [0.2, 0.25) is 0 Å². The molecule has 2 aromatic heterocycles. The number of unbranched alkanes of at least 4 members (excludes halogenated alkanes) is 1. The highest BCUT2D eigenvalue weighted by Crippen LogP contribution is 2.33. The van der Waals surface area contributed by atoms with Gasteiger partial charge < -0.3 is 9.64 Å². The van der Waals surface area contributed by atoms with E-state index in [1.807, 2.05) is 49.5 Å². The smallest absolute Gasteiger partial charge is 0.411 e. The van der Waals surface area contributed by atoms with Crippen LogP contribution in [0.3, 0.4) is 0 Å². The van der Waals surface area contributed by atoms with Crippen molar-refractivity contribution in [3.05, 3.63) is 60.8 Å². The Labute approximate surface area is 191 Å². The summed E-state index contributed by atoms with van der Waals surface area (Å²) < 4.78 is 6.18. The number of pyridine rings is 1. The van der Waals surface area contributed by atoms with Crippen LogP contribution in [0.15, 0.2) is 60.8 Å². The second kappa shape index (κ2) is 9.78. The minimum absolute atomic E-state index is 0.425. The summed E-state index contributed by atoms with van der Waals surface area (Å²) in [6.45, 7) is 2.49. The fourth-order valence-electron chi connectivity index (χ4n) is 3.22. The highest BCUT2D eigenvalue weighted by atomic mass is 32.1. The van der Waals surface area contributed by atoms with Crippen LogP contribution in [-0.4, -0.2) is 36.8 Å². The Balaban J connectivity index is 1.49. The highest BCUT2D eigenvalue weighted by Gasteiger charge is 2.10. The third-order valence-electron chi connectivity index (χ3n) is 5.04. The zero-order valence-electron chi connectivity index (χ0n) is 18.5. The Morgan fingerprint density at radius 1 is 1.03 bits per heavy atom. The molecule has 0 saturated carbocycles. The molecule has 4 aromatic rings. The second-order valence-corrected chi connectivity index (χ2v) is 8.72. The number of carbonyl (C=O) groups excluding carboxylic acids is 1. The molecule has 1 amide bonds. The molecule has 32 heavy (non-hydrogen) atoms. The van der Waals surface area contributed by atoms with Gasteiger partial charge in [-0.2, -0.15) is 0 Å². The van der Waals surface area contributed by atoms with E-state index in [4.69, 9.17) is 9.72 Å². The lowest BCUT2D eigenvalue weighted by atomic mass is 10.1. The number of hydrogen-bond donors (Lipinski definition) is 1. The summed E-state index contributed by atoms with van der Waals surface area (Å²) in [5, 5.41) is 3.73. The van der Waals surface area contributed by atoms with Crippen molar-refractivity contribution in [3.63, 3.8) is 0 Å². The van der Waals surface area contributed by atoms with Gasteiger partial charge in [-0.25, -0.2) is 14.8 Å². The van der Waals surface area contributed by atoms with Gasteiger partial charge in [0.15, 0.2) is 0 Å². The first kappa shape index (κ1) is 21.8. The summed E-state index contributed by atoms with van der Waals surface area (Å²) in [5.41, 5.74) is 4.86. The van der Waals surface area contributed by atoms with Gasteiger partial charge in [-0.15, -0.1) is 11.3 Å². The maximum Gasteiger partial charge on any atom is 0.411 e. The molecular formula is C25H26N4O2S. The van der Waals surface area contributed by atoms with Gasteiger partial charge in [-0.05, 0) is 42.3 Å². The lowest BCUT2D eigenvalue weighted by molar-refractivity contribution is 0.160. The summed E-state index contributed by atoms with van der Waals surface area (Å²) >= 11 is 1.60. The number of thiazole rings is 1. The van der Waals surface area contributed by atoms with Crippen LogP contribution in [0, 0.1) is 0 Å². The van der Waals surface area contributed by atoms with Gasteiger partial charge in [0.1, 0.15) is 10.8 Å². The molecule has 0 saturated heterocycles. The predicted octanol–water partition coefficient (Wildman–Crippen LogP) is 6.44. The number of benzene rings is 2. The van der Waals surface area contributed by atoms with Crippen LogP contribution in [0.5, 0.6) is 0 Å². The van der Waals surface area contributed by atoms with Crippen LogP contribution < -0.4 is 10.2 Å². The van der Waals surface area contributed by atoms with Gasteiger partial charge in [0.25, 0.3) is 0 Å². The van der Waals surface area contributed by atoms with Crippen molar-refractivity contribution in [1.29, 1.82) is 0 Å². The number of rotatable bonds is 7. The number of amides is 1. The van der Waals surface area contributed by atoms with Crippen LogP contribution in [0.25, 0.3) is 31.9 Å². The average Bonchev–Trinajstić information content (AvgIpc) is 3.23. The van der Waals surface area contributed by atoms with E-state index in [2.05, 4.69) is 47.6 Å². The molecule has 1 N–H and O–H groups in total. The number of anilines is 2. The summed E-state index contributed by atoms with van der Waals surface area (Å²) in [6, 6.07) is 18.1. The molecule has 0 aliphatic heterocycles. The largest absolute Gasteiger partial charge is 0.449 e. The fourth-order valence-corrected chi connectivity index (χ4v) is 4.23. The monoisotopic (exact) mass is 446 g/mol. The number of carbonyl (C=O) groups is 1. The van der Waals surface area contributed by atoms with Crippen molar-refractivity contribution in [3.8, 4) is 21.7 Å². The van der Waals surface area contributed by atoms with E-state index in [1.54, 1.807) is 11.3 Å². The molecule has 164 valence electrons. The third-order valence-corrected chi connectivity index (χ3v) is 6.10. The lowest BCUT2D eigenvalue weighted by Crippen LogP contribution is -2.14. The van der Waals surface area contributed by atoms with Crippen molar-refractivity contribution in [2.75, 3.05) is 30.9 Å². The van der Waals surface area contributed by atoms with Gasteiger partial charge >= 0.3 is 6.09 Å². The molecule has 0 aliphatic rings. The predicted molar refractivity (Wildman–Crippen MR) is 132 cm³/mol. The van der Waals surface area contributed by atoms with E-state index in [9.17, 15) is 4.79 Å². The van der Waals surface area contributed by atoms with Gasteiger partial charge in [0, 0.05) is 37.1 Å². The van der Waals surface area contributed by atoms with E-state index >= 15 is 0 Å². The molecule has 0 atom stereocenters. The normalized spacial score (nSPS) is 10.8. The minimum atomic E-state index is -0.425. The van der Waals surface area contributed by atoms with E-state index in [-0.39, 0.29) is 0 Å². The van der Waals surface area contributed by atoms with Crippen LogP contribution in [0.4, 0.5) is 16.3 Å². The van der Waals surface area contributed by atoms with Crippen LogP contribution in [0.1, 0.15) is 19.8 Å². The minimum Gasteiger partial charge on any atom is -0.449 e. The van der Waals surface area contributed by atoms with Crippen molar-refractivity contribution in [1.82, 2.24) is 9.97 Å². The first-order valence-electron chi connectivity index (χ1n) is 10.6. The topological polar surface area (TPSA) is 67.3 Å². The Morgan fingerprint density at radius 3 is 2.47 bits per heavy atom. The average molecular weight is 447 g/mol. The molecule has 0 spiro atoms. The summed E-state index contributed by atoms with van der Waals surface area (Å²) in [6.07, 6.45) is 3.32. The Bertz CT molecular complexity index is 1200. The molecule has 4 rings (SSSR count). The fraction of sp³-hybridized carbons (Fsp3) is 0.240. The SMILES string of the molecule is CCCCOC(=O)Nc1ccc2nc(-c3ccc(-c4ccc(N(C)C)nc4)cc3)sc2c1. The Hall–Kier alpha value is -3.45. The van der Waals surface area contributed by atoms with Gasteiger partial charge in [0.2, 0.25) is 0 Å². The molecule has 0 radical (unpaired) electrons. The van der Waals surface area contributed by atoms with Crippen molar-refractivity contribution in [2.45, 2.75) is 19.8 Å². The number of ether oxygens (including phenoxy) is 1. The van der Waals surface area contributed by atoms with E-state index in [0.717, 1.165) is 50.6 Å². The van der Waals surface area contributed by atoms with Crippen molar-refractivity contribution >= 4 is 39.2 Å². The number of nitrogens with zero attached hydrogens (tertiary/aromatic N) is 3. The number of nitrogens with one attached hydrogen (secondary N) is 1. The number of hydrogen-bond acceptors (Lipinski definition) is 6. The zero-order chi connectivity index (χ0) is 22.5. The van der Waals surface area contributed by atoms with Gasteiger partial charge in [-0.1, -0.05) is 37.6 Å². The molecule has 7 heteroatoms. The molecule has 6 nitrogen and oxygen atoms in total. The van der Waals surface area contributed by atoms with E-state index in [0.29, 0.717) is 12.3 Å². The van der Waals surface area contributed by atoms with Crippen molar-refractivity contribution < 1.29 is 9.53 Å². The van der Waals surface area contributed by atoms with Gasteiger partial charge in [0.05, 0.1) is 16.8 Å². The first-order valence-corrected chi connectivity index (χ1v) is 11.4. The first-order chi connectivity index (χ1) is 15.5. The molecule has 0 unspecified atom stereocenters. The summed E-state index contributed by atoms with van der Waals surface area (Å²) in [7, 11) is 3.96. The second-order valence-electron chi connectivity index (χ2n) is 7.69. The quantitative estimate of drug-likeness (QED) is 0.331. The molecular weight excluding hydrogens is 420 g/mol.